The molecule has 0 saturated heterocycles. The van der Waals surface area contributed by atoms with Crippen LogP contribution >= 0.6 is 0 Å². The Morgan fingerprint density at radius 1 is 0.973 bits per heavy atom. The fourth-order valence-electron chi connectivity index (χ4n) is 4.18. The van der Waals surface area contributed by atoms with Crippen molar-refractivity contribution in [2.24, 2.45) is 5.92 Å². The molecule has 0 fully saturated rings. The summed E-state index contributed by atoms with van der Waals surface area (Å²) in [7, 11) is 0. The number of rotatable bonds is 5. The van der Waals surface area contributed by atoms with Crippen molar-refractivity contribution in [2.75, 3.05) is 5.32 Å². The summed E-state index contributed by atoms with van der Waals surface area (Å²) in [5.41, 5.74) is 5.68. The molecule has 0 unspecified atom stereocenters. The largest absolute Gasteiger partial charge is 0.335 e. The average molecular weight is 493 g/mol. The van der Waals surface area contributed by atoms with Crippen molar-refractivity contribution in [3.8, 4) is 33.8 Å². The van der Waals surface area contributed by atoms with Crippen molar-refractivity contribution in [3.63, 3.8) is 0 Å². The molecule has 0 spiro atoms. The van der Waals surface area contributed by atoms with Crippen molar-refractivity contribution in [3.05, 3.63) is 73.2 Å². The van der Waals surface area contributed by atoms with E-state index in [0.29, 0.717) is 39.4 Å². The first-order valence-electron chi connectivity index (χ1n) is 11.7. The second-order valence-electron chi connectivity index (χ2n) is 8.94. The van der Waals surface area contributed by atoms with Crippen molar-refractivity contribution in [1.82, 2.24) is 35.1 Å². The first-order chi connectivity index (χ1) is 18.0. The van der Waals surface area contributed by atoms with E-state index < -0.39 is 5.82 Å². The topological polar surface area (TPSA) is 125 Å². The van der Waals surface area contributed by atoms with E-state index in [1.54, 1.807) is 37.1 Å². The van der Waals surface area contributed by atoms with E-state index in [-0.39, 0.29) is 17.3 Å². The molecule has 9 nitrogen and oxygen atoms in total. The zero-order valence-electron chi connectivity index (χ0n) is 20.0. The minimum atomic E-state index is -0.488. The second kappa shape index (κ2) is 8.90. The van der Waals surface area contributed by atoms with Crippen LogP contribution in [-0.4, -0.2) is 41.0 Å². The number of halogens is 1. The lowest BCUT2D eigenvalue weighted by atomic mass is 10.0. The Kier molecular flexibility index (Phi) is 5.41. The van der Waals surface area contributed by atoms with Gasteiger partial charge in [0.25, 0.3) is 0 Å². The molecule has 5 heterocycles. The van der Waals surface area contributed by atoms with Crippen molar-refractivity contribution in [1.29, 1.82) is 0 Å². The van der Waals surface area contributed by atoms with Gasteiger partial charge in [-0.1, -0.05) is 13.8 Å². The molecular formula is C27H21FN8O. The number of anilines is 1. The SMILES string of the molecule is CC(C)C(=O)Nc1cncc(-c2cc(F)c3n[nH]c(-c4nc5nccc(-c6ccncc6)c5[nH]4)c3c2)c1. The summed E-state index contributed by atoms with van der Waals surface area (Å²) >= 11 is 0. The number of carbonyl (C=O) groups is 1. The monoisotopic (exact) mass is 492 g/mol. The van der Waals surface area contributed by atoms with Crippen molar-refractivity contribution in [2.45, 2.75) is 13.8 Å². The summed E-state index contributed by atoms with van der Waals surface area (Å²) in [5.74, 6) is -0.303. The summed E-state index contributed by atoms with van der Waals surface area (Å²) in [4.78, 5) is 32.8. The molecule has 182 valence electrons. The number of H-pyrrole nitrogens is 2. The highest BCUT2D eigenvalue weighted by atomic mass is 19.1. The number of hydrogen-bond donors (Lipinski definition) is 3. The molecule has 6 rings (SSSR count). The Morgan fingerprint density at radius 3 is 2.62 bits per heavy atom. The van der Waals surface area contributed by atoms with Gasteiger partial charge in [0, 0.05) is 47.2 Å². The molecule has 0 radical (unpaired) electrons. The van der Waals surface area contributed by atoms with Gasteiger partial charge in [0.15, 0.2) is 17.3 Å². The normalized spacial score (nSPS) is 11.5. The van der Waals surface area contributed by atoms with Crippen LogP contribution in [0.2, 0.25) is 0 Å². The lowest BCUT2D eigenvalue weighted by molar-refractivity contribution is -0.118. The molecule has 0 aliphatic carbocycles. The molecule has 37 heavy (non-hydrogen) atoms. The number of aromatic amines is 2. The van der Waals surface area contributed by atoms with Crippen LogP contribution in [0.1, 0.15) is 13.8 Å². The van der Waals surface area contributed by atoms with Gasteiger partial charge in [-0.15, -0.1) is 0 Å². The number of aromatic nitrogens is 7. The third-order valence-corrected chi connectivity index (χ3v) is 6.10. The molecule has 5 aromatic heterocycles. The number of nitrogens with one attached hydrogen (secondary N) is 3. The van der Waals surface area contributed by atoms with Crippen LogP contribution < -0.4 is 5.32 Å². The standard InChI is InChI=1S/C27H21FN8O/c1-14(2)27(37)32-18-9-17(12-30-13-18)16-10-20-22(21(28)11-16)35-36-24(20)26-33-23-19(5-8-31-25(23)34-26)15-3-6-29-7-4-15/h3-14H,1-2H3,(H,32,37)(H,35,36)(H,31,33,34). The number of amides is 1. The fourth-order valence-corrected chi connectivity index (χ4v) is 4.18. The highest BCUT2D eigenvalue weighted by Gasteiger charge is 2.18. The van der Waals surface area contributed by atoms with Gasteiger partial charge in [0.05, 0.1) is 17.4 Å². The third-order valence-electron chi connectivity index (χ3n) is 6.10. The third kappa shape index (κ3) is 4.08. The van der Waals surface area contributed by atoms with E-state index in [4.69, 9.17) is 0 Å². The minimum Gasteiger partial charge on any atom is -0.335 e. The average Bonchev–Trinajstić information content (AvgIpc) is 3.53. The second-order valence-corrected chi connectivity index (χ2v) is 8.94. The predicted molar refractivity (Wildman–Crippen MR) is 139 cm³/mol. The Hall–Kier alpha value is -4.99. The molecule has 0 aliphatic heterocycles. The maximum Gasteiger partial charge on any atom is 0.226 e. The first kappa shape index (κ1) is 22.5. The van der Waals surface area contributed by atoms with Crippen LogP contribution in [-0.2, 0) is 4.79 Å². The highest BCUT2D eigenvalue weighted by molar-refractivity contribution is 5.98. The Balaban J connectivity index is 1.45. The van der Waals surface area contributed by atoms with E-state index in [0.717, 1.165) is 16.6 Å². The molecule has 0 aliphatic rings. The number of imidazole rings is 1. The van der Waals surface area contributed by atoms with Crippen LogP contribution in [0, 0.1) is 11.7 Å². The van der Waals surface area contributed by atoms with Gasteiger partial charge in [-0.3, -0.25) is 19.9 Å². The molecule has 0 bridgehead atoms. The molecule has 1 aromatic carbocycles. The Bertz CT molecular complexity index is 1770. The summed E-state index contributed by atoms with van der Waals surface area (Å²) in [6.45, 7) is 3.62. The summed E-state index contributed by atoms with van der Waals surface area (Å²) in [6.07, 6.45) is 8.33. The van der Waals surface area contributed by atoms with Gasteiger partial charge < -0.3 is 10.3 Å². The number of fused-ring (bicyclic) bond motifs is 2. The quantitative estimate of drug-likeness (QED) is 0.298. The van der Waals surface area contributed by atoms with Crippen LogP contribution in [0.5, 0.6) is 0 Å². The Labute approximate surface area is 210 Å². The lowest BCUT2D eigenvalue weighted by Gasteiger charge is -2.09. The van der Waals surface area contributed by atoms with Crippen LogP contribution in [0.25, 0.3) is 55.8 Å². The van der Waals surface area contributed by atoms with Gasteiger partial charge in [-0.05, 0) is 47.5 Å². The molecule has 6 aromatic rings. The van der Waals surface area contributed by atoms with Gasteiger partial charge in [-0.25, -0.2) is 14.4 Å². The zero-order chi connectivity index (χ0) is 25.5. The van der Waals surface area contributed by atoms with E-state index in [2.05, 4.69) is 40.4 Å². The van der Waals surface area contributed by atoms with Gasteiger partial charge in [-0.2, -0.15) is 5.10 Å². The van der Waals surface area contributed by atoms with Gasteiger partial charge in [0.2, 0.25) is 5.91 Å². The fraction of sp³-hybridized carbons (Fsp3) is 0.111. The first-order valence-corrected chi connectivity index (χ1v) is 11.7. The molecule has 1 amide bonds. The zero-order valence-corrected chi connectivity index (χ0v) is 20.0. The van der Waals surface area contributed by atoms with Crippen LogP contribution in [0.4, 0.5) is 10.1 Å². The van der Waals surface area contributed by atoms with Gasteiger partial charge in [0.1, 0.15) is 11.2 Å². The maximum absolute atomic E-state index is 15.1. The van der Waals surface area contributed by atoms with E-state index in [1.165, 1.54) is 6.07 Å². The molecule has 0 saturated carbocycles. The maximum atomic E-state index is 15.1. The van der Waals surface area contributed by atoms with Crippen molar-refractivity contribution < 1.29 is 9.18 Å². The van der Waals surface area contributed by atoms with Crippen LogP contribution in [0.15, 0.2) is 67.4 Å². The molecule has 0 atom stereocenters. The van der Waals surface area contributed by atoms with E-state index in [9.17, 15) is 4.79 Å². The number of pyridine rings is 3. The molecule has 10 heteroatoms. The number of hydrogen-bond acceptors (Lipinski definition) is 6. The predicted octanol–water partition coefficient (Wildman–Crippen LogP) is 5.36. The Morgan fingerprint density at radius 2 is 1.81 bits per heavy atom. The molecular weight excluding hydrogens is 471 g/mol. The smallest absolute Gasteiger partial charge is 0.226 e. The van der Waals surface area contributed by atoms with E-state index >= 15 is 4.39 Å². The van der Waals surface area contributed by atoms with E-state index in [1.807, 2.05) is 38.1 Å². The summed E-state index contributed by atoms with van der Waals surface area (Å²) in [5, 5.41) is 10.5. The number of benzene rings is 1. The van der Waals surface area contributed by atoms with Crippen LogP contribution in [0.3, 0.4) is 0 Å². The summed E-state index contributed by atoms with van der Waals surface area (Å²) < 4.78 is 15.1. The van der Waals surface area contributed by atoms with Crippen molar-refractivity contribution >= 4 is 33.7 Å². The number of nitrogens with zero attached hydrogens (tertiary/aromatic N) is 5. The summed E-state index contributed by atoms with van der Waals surface area (Å²) in [6, 6.07) is 10.7. The molecule has 3 N–H and O–H groups in total. The minimum absolute atomic E-state index is 0.123. The number of carbonyl (C=O) groups excluding carboxylic acids is 1. The lowest BCUT2D eigenvalue weighted by Crippen LogP contribution is -2.17. The van der Waals surface area contributed by atoms with Gasteiger partial charge >= 0.3 is 0 Å². The highest BCUT2D eigenvalue weighted by Crippen LogP contribution is 2.34.